The molecule has 0 bridgehead atoms. The van der Waals surface area contributed by atoms with E-state index in [4.69, 9.17) is 10.5 Å². The molecule has 0 atom stereocenters. The van der Waals surface area contributed by atoms with Gasteiger partial charge in [0, 0.05) is 12.1 Å². The fraction of sp³-hybridized carbons (Fsp3) is 0.583. The lowest BCUT2D eigenvalue weighted by Crippen LogP contribution is -2.12. The third kappa shape index (κ3) is 6.65. The second kappa shape index (κ2) is 9.46. The quantitative estimate of drug-likeness (QED) is 0.667. The highest BCUT2D eigenvalue weighted by Gasteiger charge is 2.33. The van der Waals surface area contributed by atoms with E-state index in [1.807, 2.05) is 6.92 Å². The van der Waals surface area contributed by atoms with Crippen LogP contribution in [0.15, 0.2) is 12.1 Å². The van der Waals surface area contributed by atoms with Crippen molar-refractivity contribution in [1.82, 2.24) is 4.98 Å². The molecule has 8 heteroatoms. The van der Waals surface area contributed by atoms with Crippen LogP contribution in [0.3, 0.4) is 0 Å². The molecule has 0 fully saturated rings. The summed E-state index contributed by atoms with van der Waals surface area (Å²) in [6.07, 6.45) is -2.80. The second-order valence-electron chi connectivity index (χ2n) is 3.67. The van der Waals surface area contributed by atoms with Gasteiger partial charge in [0.1, 0.15) is 5.69 Å². The molecule has 0 spiro atoms. The molecule has 0 saturated heterocycles. The SMILES string of the molecule is CCCCOc1nc(C(F)(F)F)ccc1CN.FCF. The molecule has 1 aromatic rings. The maximum absolute atomic E-state index is 12.4. The Kier molecular flexibility index (Phi) is 8.78. The first-order valence-corrected chi connectivity index (χ1v) is 5.92. The van der Waals surface area contributed by atoms with Gasteiger partial charge in [-0.15, -0.1) is 0 Å². The zero-order valence-corrected chi connectivity index (χ0v) is 11.0. The first kappa shape index (κ1) is 18.6. The maximum atomic E-state index is 12.4. The predicted octanol–water partition coefficient (Wildman–Crippen LogP) is 3.62. The smallest absolute Gasteiger partial charge is 0.433 e. The number of ether oxygens (including phenoxy) is 1. The van der Waals surface area contributed by atoms with Crippen molar-refractivity contribution < 1.29 is 26.7 Å². The zero-order chi connectivity index (χ0) is 15.6. The summed E-state index contributed by atoms with van der Waals surface area (Å²) in [7, 11) is 0. The van der Waals surface area contributed by atoms with Crippen molar-refractivity contribution in [2.75, 3.05) is 13.5 Å². The highest BCUT2D eigenvalue weighted by atomic mass is 19.4. The Morgan fingerprint density at radius 2 is 1.85 bits per heavy atom. The van der Waals surface area contributed by atoms with E-state index in [0.717, 1.165) is 18.9 Å². The van der Waals surface area contributed by atoms with Crippen LogP contribution in [0.25, 0.3) is 0 Å². The van der Waals surface area contributed by atoms with Crippen LogP contribution >= 0.6 is 0 Å². The fourth-order valence-electron chi connectivity index (χ4n) is 1.22. The first-order chi connectivity index (χ1) is 9.40. The number of nitrogens with zero attached hydrogens (tertiary/aromatic N) is 1. The average molecular weight is 300 g/mol. The summed E-state index contributed by atoms with van der Waals surface area (Å²) in [5.41, 5.74) is 4.94. The van der Waals surface area contributed by atoms with Crippen LogP contribution in [0.1, 0.15) is 31.0 Å². The van der Waals surface area contributed by atoms with Crippen LogP contribution in [0.4, 0.5) is 22.0 Å². The van der Waals surface area contributed by atoms with E-state index in [-0.39, 0.29) is 12.4 Å². The molecular formula is C12H17F5N2O. The van der Waals surface area contributed by atoms with Gasteiger partial charge in [0.25, 0.3) is 0 Å². The maximum Gasteiger partial charge on any atom is 0.433 e. The van der Waals surface area contributed by atoms with E-state index in [9.17, 15) is 22.0 Å². The van der Waals surface area contributed by atoms with E-state index < -0.39 is 18.8 Å². The molecule has 1 heterocycles. The topological polar surface area (TPSA) is 48.1 Å². The van der Waals surface area contributed by atoms with Crippen LogP contribution in [-0.4, -0.2) is 18.5 Å². The minimum atomic E-state index is -4.46. The normalized spacial score (nSPS) is 10.8. The van der Waals surface area contributed by atoms with Gasteiger partial charge in [0.05, 0.1) is 6.61 Å². The van der Waals surface area contributed by atoms with Gasteiger partial charge in [0.2, 0.25) is 12.8 Å². The molecule has 1 rings (SSSR count). The molecule has 0 aliphatic carbocycles. The molecule has 0 aliphatic rings. The lowest BCUT2D eigenvalue weighted by Gasteiger charge is -2.12. The lowest BCUT2D eigenvalue weighted by atomic mass is 10.2. The zero-order valence-electron chi connectivity index (χ0n) is 11.0. The van der Waals surface area contributed by atoms with Gasteiger partial charge >= 0.3 is 6.18 Å². The van der Waals surface area contributed by atoms with Crippen molar-refractivity contribution in [2.45, 2.75) is 32.5 Å². The summed E-state index contributed by atoms with van der Waals surface area (Å²) >= 11 is 0. The van der Waals surface area contributed by atoms with Gasteiger partial charge in [-0.2, -0.15) is 13.2 Å². The number of halogens is 5. The third-order valence-electron chi connectivity index (χ3n) is 2.19. The Morgan fingerprint density at radius 1 is 1.25 bits per heavy atom. The number of alkyl halides is 5. The first-order valence-electron chi connectivity index (χ1n) is 5.92. The minimum absolute atomic E-state index is 0.0178. The third-order valence-corrected chi connectivity index (χ3v) is 2.19. The molecule has 1 aromatic heterocycles. The minimum Gasteiger partial charge on any atom is -0.477 e. The summed E-state index contributed by atoms with van der Waals surface area (Å²) in [5.74, 6) is -0.0178. The van der Waals surface area contributed by atoms with E-state index in [0.29, 0.717) is 12.2 Å². The fourth-order valence-corrected chi connectivity index (χ4v) is 1.22. The number of hydrogen-bond acceptors (Lipinski definition) is 3. The van der Waals surface area contributed by atoms with Gasteiger partial charge < -0.3 is 10.5 Å². The van der Waals surface area contributed by atoms with Crippen LogP contribution in [0, 0.1) is 0 Å². The van der Waals surface area contributed by atoms with Gasteiger partial charge in [0.15, 0.2) is 0 Å². The van der Waals surface area contributed by atoms with Crippen LogP contribution in [0.5, 0.6) is 5.88 Å². The van der Waals surface area contributed by atoms with Crippen molar-refractivity contribution in [3.8, 4) is 5.88 Å². The Balaban J connectivity index is 0.00000110. The van der Waals surface area contributed by atoms with Gasteiger partial charge in [-0.1, -0.05) is 19.4 Å². The van der Waals surface area contributed by atoms with E-state index in [1.165, 1.54) is 6.07 Å². The number of aromatic nitrogens is 1. The number of unbranched alkanes of at least 4 members (excludes halogenated alkanes) is 1. The molecule has 0 unspecified atom stereocenters. The highest BCUT2D eigenvalue weighted by Crippen LogP contribution is 2.30. The van der Waals surface area contributed by atoms with Crippen molar-refractivity contribution >= 4 is 0 Å². The molecule has 20 heavy (non-hydrogen) atoms. The van der Waals surface area contributed by atoms with E-state index >= 15 is 0 Å². The van der Waals surface area contributed by atoms with E-state index in [2.05, 4.69) is 4.98 Å². The standard InChI is InChI=1S/C11H15F3N2O.CH2F2/c1-2-3-6-17-10-8(7-15)4-5-9(16-10)11(12,13)14;2-1-3/h4-5H,2-3,6-7,15H2,1H3;1H2. The van der Waals surface area contributed by atoms with Gasteiger partial charge in [-0.05, 0) is 12.5 Å². The Bertz CT molecular complexity index is 385. The molecular weight excluding hydrogens is 283 g/mol. The monoisotopic (exact) mass is 300 g/mol. The summed E-state index contributed by atoms with van der Waals surface area (Å²) in [6, 6.07) is 2.21. The largest absolute Gasteiger partial charge is 0.477 e. The molecule has 0 aliphatic heterocycles. The molecule has 3 nitrogen and oxygen atoms in total. The van der Waals surface area contributed by atoms with Crippen molar-refractivity contribution in [2.24, 2.45) is 5.73 Å². The molecule has 0 saturated carbocycles. The Morgan fingerprint density at radius 3 is 2.30 bits per heavy atom. The van der Waals surface area contributed by atoms with E-state index in [1.54, 1.807) is 0 Å². The number of nitrogens with two attached hydrogens (primary N) is 1. The predicted molar refractivity (Wildman–Crippen MR) is 64.6 cm³/mol. The average Bonchev–Trinajstić information content (AvgIpc) is 2.39. The summed E-state index contributed by atoms with van der Waals surface area (Å²) in [5, 5.41) is 0. The number of rotatable bonds is 5. The van der Waals surface area contributed by atoms with Crippen LogP contribution in [-0.2, 0) is 12.7 Å². The van der Waals surface area contributed by atoms with Gasteiger partial charge in [-0.25, -0.2) is 13.8 Å². The molecule has 2 N–H and O–H groups in total. The second-order valence-corrected chi connectivity index (χ2v) is 3.67. The molecule has 116 valence electrons. The van der Waals surface area contributed by atoms with Crippen molar-refractivity contribution in [3.05, 3.63) is 23.4 Å². The highest BCUT2D eigenvalue weighted by molar-refractivity contribution is 5.29. The van der Waals surface area contributed by atoms with Crippen molar-refractivity contribution in [1.29, 1.82) is 0 Å². The van der Waals surface area contributed by atoms with Crippen LogP contribution in [0.2, 0.25) is 0 Å². The van der Waals surface area contributed by atoms with Gasteiger partial charge in [-0.3, -0.25) is 0 Å². The number of pyridine rings is 1. The summed E-state index contributed by atoms with van der Waals surface area (Å²) in [4.78, 5) is 3.46. The molecule has 0 aromatic carbocycles. The van der Waals surface area contributed by atoms with Crippen molar-refractivity contribution in [3.63, 3.8) is 0 Å². The Labute approximate surface area is 113 Å². The molecule has 0 amide bonds. The summed E-state index contributed by atoms with van der Waals surface area (Å²) < 4.78 is 61.8. The number of hydrogen-bond donors (Lipinski definition) is 1. The lowest BCUT2D eigenvalue weighted by molar-refractivity contribution is -0.141. The molecule has 0 radical (unpaired) electrons. The summed E-state index contributed by atoms with van der Waals surface area (Å²) in [6.45, 7) is 0.664. The van der Waals surface area contributed by atoms with Crippen LogP contribution < -0.4 is 10.5 Å². The Hall–Kier alpha value is -1.44.